The summed E-state index contributed by atoms with van der Waals surface area (Å²) in [6.07, 6.45) is 4.11. The van der Waals surface area contributed by atoms with Gasteiger partial charge in [-0.2, -0.15) is 4.73 Å². The molecule has 15 heavy (non-hydrogen) atoms. The van der Waals surface area contributed by atoms with E-state index in [1.54, 1.807) is 6.92 Å². The maximum Gasteiger partial charge on any atom is 0.287 e. The van der Waals surface area contributed by atoms with Crippen molar-refractivity contribution in [3.8, 4) is 0 Å². The summed E-state index contributed by atoms with van der Waals surface area (Å²) in [4.78, 5) is 0. The summed E-state index contributed by atoms with van der Waals surface area (Å²) in [5.74, 6) is 0. The number of aryl methyl sites for hydroxylation is 2. The van der Waals surface area contributed by atoms with Gasteiger partial charge in [-0.15, -0.1) is 0 Å². The molecule has 3 rings (SSSR count). The lowest BCUT2D eigenvalue weighted by atomic mass is 9.96. The van der Waals surface area contributed by atoms with E-state index in [1.807, 2.05) is 6.07 Å². The van der Waals surface area contributed by atoms with E-state index in [2.05, 4.69) is 5.16 Å². The second-order valence-corrected chi connectivity index (χ2v) is 4.10. The molecule has 1 aliphatic rings. The maximum absolute atomic E-state index is 12.1. The Balaban J connectivity index is 2.38. The largest absolute Gasteiger partial charge is 0.618 e. The molecule has 2 aromatic rings. The predicted molar refractivity (Wildman–Crippen MR) is 54.3 cm³/mol. The van der Waals surface area contributed by atoms with Gasteiger partial charge in [0.05, 0.1) is 0 Å². The average Bonchev–Trinajstić information content (AvgIpc) is 2.61. The Bertz CT molecular complexity index is 531. The first kappa shape index (κ1) is 8.71. The van der Waals surface area contributed by atoms with E-state index in [4.69, 9.17) is 4.52 Å². The molecule has 0 aromatic carbocycles. The van der Waals surface area contributed by atoms with Gasteiger partial charge < -0.3 is 9.73 Å². The first-order chi connectivity index (χ1) is 7.27. The molecule has 0 N–H and O–H groups in total. The van der Waals surface area contributed by atoms with Crippen LogP contribution in [0, 0.1) is 12.1 Å². The van der Waals surface area contributed by atoms with Crippen LogP contribution in [0.3, 0.4) is 0 Å². The van der Waals surface area contributed by atoms with Crippen molar-refractivity contribution in [2.75, 3.05) is 0 Å². The number of nitrogens with zero attached hydrogens (tertiary/aromatic N) is 2. The summed E-state index contributed by atoms with van der Waals surface area (Å²) in [6, 6.07) is 1.97. The van der Waals surface area contributed by atoms with Crippen LogP contribution in [0.2, 0.25) is 0 Å². The molecule has 0 radical (unpaired) electrons. The molecular weight excluding hydrogens is 192 g/mol. The van der Waals surface area contributed by atoms with Crippen LogP contribution in [-0.2, 0) is 12.8 Å². The van der Waals surface area contributed by atoms with Crippen molar-refractivity contribution in [1.82, 2.24) is 5.16 Å². The van der Waals surface area contributed by atoms with E-state index >= 15 is 0 Å². The minimum Gasteiger partial charge on any atom is -0.618 e. The van der Waals surface area contributed by atoms with Crippen LogP contribution in [-0.4, -0.2) is 5.16 Å². The maximum atomic E-state index is 12.1. The molecule has 2 aromatic heterocycles. The highest BCUT2D eigenvalue weighted by Gasteiger charge is 2.24. The van der Waals surface area contributed by atoms with Gasteiger partial charge in [0.1, 0.15) is 0 Å². The van der Waals surface area contributed by atoms with E-state index in [1.165, 1.54) is 0 Å². The highest BCUT2D eigenvalue weighted by molar-refractivity contribution is 5.71. The zero-order valence-corrected chi connectivity index (χ0v) is 8.62. The second kappa shape index (κ2) is 2.95. The Morgan fingerprint density at radius 2 is 2.20 bits per heavy atom. The lowest BCUT2D eigenvalue weighted by Gasteiger charge is -2.14. The second-order valence-electron chi connectivity index (χ2n) is 4.10. The van der Waals surface area contributed by atoms with Crippen LogP contribution in [0.1, 0.15) is 29.8 Å². The smallest absolute Gasteiger partial charge is 0.287 e. The van der Waals surface area contributed by atoms with E-state index in [9.17, 15) is 5.21 Å². The van der Waals surface area contributed by atoms with Crippen LogP contribution < -0.4 is 4.73 Å². The first-order valence-corrected chi connectivity index (χ1v) is 5.27. The molecule has 2 heterocycles. The van der Waals surface area contributed by atoms with E-state index in [-0.39, 0.29) is 0 Å². The van der Waals surface area contributed by atoms with Gasteiger partial charge in [-0.05, 0) is 26.2 Å². The minimum absolute atomic E-state index is 0.593. The quantitative estimate of drug-likeness (QED) is 0.484. The van der Waals surface area contributed by atoms with Gasteiger partial charge in [0.15, 0.2) is 11.4 Å². The lowest BCUT2D eigenvalue weighted by Crippen LogP contribution is -2.35. The normalized spacial score (nSPS) is 15.5. The molecule has 0 spiro atoms. The van der Waals surface area contributed by atoms with Gasteiger partial charge in [0.2, 0.25) is 5.58 Å². The molecule has 0 fully saturated rings. The number of pyridine rings is 1. The molecule has 4 heteroatoms. The van der Waals surface area contributed by atoms with Crippen molar-refractivity contribution < 1.29 is 9.25 Å². The van der Waals surface area contributed by atoms with Gasteiger partial charge in [0, 0.05) is 18.1 Å². The van der Waals surface area contributed by atoms with Crippen LogP contribution in [0.4, 0.5) is 0 Å². The summed E-state index contributed by atoms with van der Waals surface area (Å²) >= 11 is 0. The van der Waals surface area contributed by atoms with Crippen molar-refractivity contribution in [2.24, 2.45) is 0 Å². The average molecular weight is 204 g/mol. The van der Waals surface area contributed by atoms with Crippen molar-refractivity contribution in [3.63, 3.8) is 0 Å². The predicted octanol–water partition coefficient (Wildman–Crippen LogP) is 1.65. The summed E-state index contributed by atoms with van der Waals surface area (Å²) in [7, 11) is 0. The molecule has 0 bridgehead atoms. The molecule has 0 saturated carbocycles. The third-order valence-electron chi connectivity index (χ3n) is 3.09. The van der Waals surface area contributed by atoms with Crippen LogP contribution in [0.25, 0.3) is 11.1 Å². The van der Waals surface area contributed by atoms with Crippen molar-refractivity contribution in [2.45, 2.75) is 32.6 Å². The zero-order chi connectivity index (χ0) is 10.4. The number of fused-ring (bicyclic) bond motifs is 2. The number of aromatic nitrogens is 2. The molecule has 0 unspecified atom stereocenters. The fraction of sp³-hybridized carbons (Fsp3) is 0.455. The number of hydrogen-bond acceptors (Lipinski definition) is 3. The van der Waals surface area contributed by atoms with E-state index in [0.29, 0.717) is 16.8 Å². The van der Waals surface area contributed by atoms with Gasteiger partial charge in [0.25, 0.3) is 5.52 Å². The molecule has 1 aliphatic carbocycles. The summed E-state index contributed by atoms with van der Waals surface area (Å²) in [5, 5.41) is 15.9. The summed E-state index contributed by atoms with van der Waals surface area (Å²) < 4.78 is 6.13. The lowest BCUT2D eigenvalue weighted by molar-refractivity contribution is -0.587. The van der Waals surface area contributed by atoms with Gasteiger partial charge in [-0.25, -0.2) is 0 Å². The highest BCUT2D eigenvalue weighted by Crippen LogP contribution is 2.23. The number of rotatable bonds is 0. The Hall–Kier alpha value is -1.58. The molecule has 0 aliphatic heterocycles. The van der Waals surface area contributed by atoms with Gasteiger partial charge >= 0.3 is 0 Å². The van der Waals surface area contributed by atoms with Crippen molar-refractivity contribution >= 4 is 11.1 Å². The summed E-state index contributed by atoms with van der Waals surface area (Å²) in [5.41, 5.74) is 3.91. The topological polar surface area (TPSA) is 53.0 Å². The van der Waals surface area contributed by atoms with Crippen molar-refractivity contribution in [3.05, 3.63) is 28.2 Å². The SMILES string of the molecule is Cc1noc2cc3c([n+]([O-])c12)CCCC3. The Morgan fingerprint density at radius 3 is 3.07 bits per heavy atom. The number of hydrogen-bond donors (Lipinski definition) is 0. The van der Waals surface area contributed by atoms with Crippen LogP contribution in [0.5, 0.6) is 0 Å². The molecule has 0 atom stereocenters. The van der Waals surface area contributed by atoms with Crippen LogP contribution >= 0.6 is 0 Å². The third kappa shape index (κ3) is 1.14. The Kier molecular flexibility index (Phi) is 1.71. The zero-order valence-electron chi connectivity index (χ0n) is 8.62. The Morgan fingerprint density at radius 1 is 1.40 bits per heavy atom. The van der Waals surface area contributed by atoms with Crippen LogP contribution in [0.15, 0.2) is 10.6 Å². The summed E-state index contributed by atoms with van der Waals surface area (Å²) in [6.45, 7) is 1.80. The van der Waals surface area contributed by atoms with Crippen molar-refractivity contribution in [1.29, 1.82) is 0 Å². The molecule has 0 amide bonds. The van der Waals surface area contributed by atoms with Gasteiger partial charge in [-0.1, -0.05) is 5.16 Å². The molecule has 78 valence electrons. The first-order valence-electron chi connectivity index (χ1n) is 5.27. The van der Waals surface area contributed by atoms with Gasteiger partial charge in [-0.3, -0.25) is 0 Å². The molecular formula is C11H12N2O2. The Labute approximate surface area is 87.1 Å². The molecule has 0 saturated heterocycles. The third-order valence-corrected chi connectivity index (χ3v) is 3.09. The molecule has 4 nitrogen and oxygen atoms in total. The van der Waals surface area contributed by atoms with E-state index in [0.717, 1.165) is 41.7 Å². The minimum atomic E-state index is 0.593. The standard InChI is InChI=1S/C11H12N2O2/c1-7-11-10(15-12-7)6-8-4-2-3-5-9(8)13(11)14/h6H,2-5H2,1H3. The fourth-order valence-corrected chi connectivity index (χ4v) is 2.32. The van der Waals surface area contributed by atoms with E-state index < -0.39 is 0 Å². The fourth-order valence-electron chi connectivity index (χ4n) is 2.32. The highest BCUT2D eigenvalue weighted by atomic mass is 16.5. The monoisotopic (exact) mass is 204 g/mol.